The number of rotatable bonds is 6. The van der Waals surface area contributed by atoms with Crippen LogP contribution in [0.15, 0.2) is 0 Å². The summed E-state index contributed by atoms with van der Waals surface area (Å²) in [6, 6.07) is 0.901. The number of nitrogens with one attached hydrogen (secondary N) is 1. The zero-order valence-corrected chi connectivity index (χ0v) is 13.1. The van der Waals surface area contributed by atoms with E-state index in [9.17, 15) is 0 Å². The highest BCUT2D eigenvalue weighted by atomic mass is 32.2. The molecule has 0 aromatic heterocycles. The first-order valence-electron chi connectivity index (χ1n) is 7.66. The third-order valence-corrected chi connectivity index (χ3v) is 5.60. The average molecular weight is 270 g/mol. The molecule has 106 valence electrons. The van der Waals surface area contributed by atoms with Gasteiger partial charge in [-0.15, -0.1) is 0 Å². The Hall–Kier alpha value is 0.270. The Morgan fingerprint density at radius 2 is 2.11 bits per heavy atom. The molecule has 0 spiro atoms. The molecule has 3 heteroatoms. The van der Waals surface area contributed by atoms with Crippen LogP contribution < -0.4 is 5.32 Å². The van der Waals surface area contributed by atoms with Gasteiger partial charge in [0.25, 0.3) is 0 Å². The van der Waals surface area contributed by atoms with Crippen LogP contribution in [-0.2, 0) is 0 Å². The maximum absolute atomic E-state index is 3.63. The summed E-state index contributed by atoms with van der Waals surface area (Å²) in [6.07, 6.45) is 8.00. The molecule has 1 saturated heterocycles. The van der Waals surface area contributed by atoms with Gasteiger partial charge < -0.3 is 10.2 Å². The first-order valence-corrected chi connectivity index (χ1v) is 8.95. The topological polar surface area (TPSA) is 15.3 Å². The molecule has 2 aliphatic rings. The normalized spacial score (nSPS) is 33.7. The minimum absolute atomic E-state index is 0.777. The highest BCUT2D eigenvalue weighted by molar-refractivity contribution is 7.99. The monoisotopic (exact) mass is 270 g/mol. The zero-order chi connectivity index (χ0) is 13.0. The van der Waals surface area contributed by atoms with Crippen LogP contribution in [0.4, 0.5) is 0 Å². The van der Waals surface area contributed by atoms with Crippen molar-refractivity contribution >= 4 is 11.8 Å². The Labute approximate surface area is 117 Å². The van der Waals surface area contributed by atoms with Gasteiger partial charge >= 0.3 is 0 Å². The molecule has 0 radical (unpaired) electrons. The smallest absolute Gasteiger partial charge is 0.0106 e. The Morgan fingerprint density at radius 3 is 2.78 bits per heavy atom. The van der Waals surface area contributed by atoms with Gasteiger partial charge in [-0.1, -0.05) is 13.8 Å². The third kappa shape index (κ3) is 4.14. The van der Waals surface area contributed by atoms with E-state index < -0.39 is 0 Å². The van der Waals surface area contributed by atoms with Gasteiger partial charge in [0.1, 0.15) is 0 Å². The van der Waals surface area contributed by atoms with Gasteiger partial charge in [-0.2, -0.15) is 11.8 Å². The molecule has 1 aliphatic heterocycles. The van der Waals surface area contributed by atoms with Gasteiger partial charge in [-0.3, -0.25) is 0 Å². The molecule has 2 rings (SSSR count). The molecule has 0 amide bonds. The minimum atomic E-state index is 0.777. The van der Waals surface area contributed by atoms with Crippen LogP contribution in [0.1, 0.15) is 39.5 Å². The van der Waals surface area contributed by atoms with E-state index in [-0.39, 0.29) is 0 Å². The van der Waals surface area contributed by atoms with Crippen molar-refractivity contribution in [3.8, 4) is 0 Å². The number of likely N-dealkylation sites (tertiary alicyclic amines) is 1. The summed E-state index contributed by atoms with van der Waals surface area (Å²) in [5.74, 6) is 1.68. The fourth-order valence-electron chi connectivity index (χ4n) is 3.40. The molecule has 3 unspecified atom stereocenters. The van der Waals surface area contributed by atoms with E-state index in [4.69, 9.17) is 0 Å². The lowest BCUT2D eigenvalue weighted by molar-refractivity contribution is 0.236. The number of thioether (sulfide) groups is 1. The van der Waals surface area contributed by atoms with E-state index in [1.165, 1.54) is 51.9 Å². The molecule has 2 nitrogen and oxygen atoms in total. The summed E-state index contributed by atoms with van der Waals surface area (Å²) in [5, 5.41) is 4.57. The fourth-order valence-corrected chi connectivity index (χ4v) is 4.19. The molecule has 2 fully saturated rings. The largest absolute Gasteiger partial charge is 0.316 e. The van der Waals surface area contributed by atoms with Gasteiger partial charge in [0.2, 0.25) is 0 Å². The molecular weight excluding hydrogens is 240 g/mol. The molecule has 1 N–H and O–H groups in total. The van der Waals surface area contributed by atoms with Crippen molar-refractivity contribution in [2.75, 3.05) is 32.4 Å². The number of nitrogens with zero attached hydrogens (tertiary/aromatic N) is 1. The highest BCUT2D eigenvalue weighted by Crippen LogP contribution is 2.33. The van der Waals surface area contributed by atoms with Gasteiger partial charge in [-0.25, -0.2) is 0 Å². The fraction of sp³-hybridized carbons (Fsp3) is 1.00. The van der Waals surface area contributed by atoms with Crippen LogP contribution in [-0.4, -0.2) is 48.6 Å². The molecule has 3 atom stereocenters. The molecular formula is C15H30N2S. The average Bonchev–Trinajstić information content (AvgIpc) is 2.95. The molecule has 18 heavy (non-hydrogen) atoms. The maximum atomic E-state index is 3.63. The SMILES string of the molecule is CSC1CCC(N2CCC(CNCC(C)C)C2)C1. The summed E-state index contributed by atoms with van der Waals surface area (Å²) < 4.78 is 0. The molecule has 0 aromatic carbocycles. The predicted molar refractivity (Wildman–Crippen MR) is 82.3 cm³/mol. The summed E-state index contributed by atoms with van der Waals surface area (Å²) in [5.41, 5.74) is 0. The van der Waals surface area contributed by atoms with E-state index in [0.717, 1.165) is 23.1 Å². The zero-order valence-electron chi connectivity index (χ0n) is 12.3. The second-order valence-corrected chi connectivity index (χ2v) is 7.66. The van der Waals surface area contributed by atoms with E-state index in [1.807, 2.05) is 0 Å². The Kier molecular flexibility index (Phi) is 5.84. The molecule has 0 bridgehead atoms. The Morgan fingerprint density at radius 1 is 1.28 bits per heavy atom. The van der Waals surface area contributed by atoms with Gasteiger partial charge in [0.15, 0.2) is 0 Å². The standard InChI is InChI=1S/C15H30N2S/c1-12(2)9-16-10-13-6-7-17(11-13)14-4-5-15(8-14)18-3/h12-16H,4-11H2,1-3H3. The summed E-state index contributed by atoms with van der Waals surface area (Å²) in [7, 11) is 0. The van der Waals surface area contributed by atoms with E-state index in [1.54, 1.807) is 0 Å². The van der Waals surface area contributed by atoms with Crippen molar-refractivity contribution in [2.24, 2.45) is 11.8 Å². The second kappa shape index (κ2) is 7.16. The van der Waals surface area contributed by atoms with Crippen LogP contribution in [0.25, 0.3) is 0 Å². The summed E-state index contributed by atoms with van der Waals surface area (Å²) >= 11 is 2.07. The van der Waals surface area contributed by atoms with Crippen LogP contribution in [0.3, 0.4) is 0 Å². The molecule has 1 aliphatic carbocycles. The highest BCUT2D eigenvalue weighted by Gasteiger charge is 2.33. The lowest BCUT2D eigenvalue weighted by atomic mass is 10.1. The summed E-state index contributed by atoms with van der Waals surface area (Å²) in [6.45, 7) is 9.67. The quantitative estimate of drug-likeness (QED) is 0.799. The molecule has 0 aromatic rings. The van der Waals surface area contributed by atoms with Gasteiger partial charge in [0, 0.05) is 17.8 Å². The van der Waals surface area contributed by atoms with E-state index in [0.29, 0.717) is 0 Å². The van der Waals surface area contributed by atoms with Crippen molar-refractivity contribution in [1.82, 2.24) is 10.2 Å². The van der Waals surface area contributed by atoms with E-state index in [2.05, 4.69) is 42.1 Å². The predicted octanol–water partition coefficient (Wildman–Crippen LogP) is 2.84. The van der Waals surface area contributed by atoms with Crippen LogP contribution in [0.5, 0.6) is 0 Å². The Bertz CT molecular complexity index is 245. The summed E-state index contributed by atoms with van der Waals surface area (Å²) in [4.78, 5) is 2.78. The molecule has 1 heterocycles. The van der Waals surface area contributed by atoms with Crippen molar-refractivity contribution in [1.29, 1.82) is 0 Å². The van der Waals surface area contributed by atoms with Gasteiger partial charge in [-0.05, 0) is 63.4 Å². The Balaban J connectivity index is 1.65. The van der Waals surface area contributed by atoms with Crippen LogP contribution >= 0.6 is 11.8 Å². The number of hydrogen-bond donors (Lipinski definition) is 1. The molecule has 1 saturated carbocycles. The lowest BCUT2D eigenvalue weighted by Gasteiger charge is -2.24. The minimum Gasteiger partial charge on any atom is -0.316 e. The maximum Gasteiger partial charge on any atom is 0.0106 e. The van der Waals surface area contributed by atoms with Crippen molar-refractivity contribution in [3.63, 3.8) is 0 Å². The first-order chi connectivity index (χ1) is 8.69. The van der Waals surface area contributed by atoms with Crippen molar-refractivity contribution < 1.29 is 0 Å². The lowest BCUT2D eigenvalue weighted by Crippen LogP contribution is -2.33. The third-order valence-electron chi connectivity index (χ3n) is 4.51. The first kappa shape index (κ1) is 14.7. The van der Waals surface area contributed by atoms with Crippen LogP contribution in [0.2, 0.25) is 0 Å². The van der Waals surface area contributed by atoms with Crippen molar-refractivity contribution in [3.05, 3.63) is 0 Å². The van der Waals surface area contributed by atoms with Crippen LogP contribution in [0, 0.1) is 11.8 Å². The van der Waals surface area contributed by atoms with Gasteiger partial charge in [0.05, 0.1) is 0 Å². The second-order valence-electron chi connectivity index (χ2n) is 6.53. The van der Waals surface area contributed by atoms with E-state index >= 15 is 0 Å². The van der Waals surface area contributed by atoms with Crippen molar-refractivity contribution in [2.45, 2.75) is 50.8 Å². The number of hydrogen-bond acceptors (Lipinski definition) is 3.